The average Bonchev–Trinajstić information content (AvgIpc) is 2.74. The van der Waals surface area contributed by atoms with Gasteiger partial charge in [0, 0.05) is 18.0 Å². The molecule has 0 aliphatic carbocycles. The van der Waals surface area contributed by atoms with Crippen LogP contribution in [-0.2, 0) is 6.42 Å². The van der Waals surface area contributed by atoms with Crippen molar-refractivity contribution < 1.29 is 9.90 Å². The summed E-state index contributed by atoms with van der Waals surface area (Å²) in [5, 5.41) is 11.6. The lowest BCUT2D eigenvalue weighted by atomic mass is 10.2. The van der Waals surface area contributed by atoms with Crippen molar-refractivity contribution in [3.8, 4) is 0 Å². The average molecular weight is 269 g/mol. The number of unbranched alkanes of at least 4 members (excludes halogenated alkanes) is 3. The number of carbonyl (C=O) groups excluding carboxylic acids is 1. The summed E-state index contributed by atoms with van der Waals surface area (Å²) < 4.78 is 0. The zero-order chi connectivity index (χ0) is 13.4. The molecule has 1 rings (SSSR count). The van der Waals surface area contributed by atoms with Gasteiger partial charge in [-0.05, 0) is 37.8 Å². The summed E-state index contributed by atoms with van der Waals surface area (Å²) in [6.45, 7) is 5.16. The van der Waals surface area contributed by atoms with Gasteiger partial charge in [0.1, 0.15) is 0 Å². The van der Waals surface area contributed by atoms with Crippen molar-refractivity contribution in [1.29, 1.82) is 0 Å². The molecule has 1 aromatic heterocycles. The van der Waals surface area contributed by atoms with E-state index in [0.29, 0.717) is 0 Å². The summed E-state index contributed by atoms with van der Waals surface area (Å²) in [4.78, 5) is 13.9. The quantitative estimate of drug-likeness (QED) is 0.713. The Hall–Kier alpha value is -0.870. The molecule has 1 amide bonds. The molecule has 0 radical (unpaired) electrons. The van der Waals surface area contributed by atoms with Gasteiger partial charge >= 0.3 is 0 Å². The molecule has 0 spiro atoms. The van der Waals surface area contributed by atoms with E-state index < -0.39 is 0 Å². The predicted octanol–water partition coefficient (Wildman–Crippen LogP) is 2.90. The van der Waals surface area contributed by atoms with Gasteiger partial charge in [0.25, 0.3) is 5.91 Å². The fourth-order valence-electron chi connectivity index (χ4n) is 1.86. The van der Waals surface area contributed by atoms with Crippen LogP contribution in [0.1, 0.15) is 52.7 Å². The topological polar surface area (TPSA) is 49.3 Å². The molecule has 3 nitrogen and oxygen atoms in total. The van der Waals surface area contributed by atoms with Crippen LogP contribution in [0.2, 0.25) is 0 Å². The highest BCUT2D eigenvalue weighted by Gasteiger charge is 2.10. The van der Waals surface area contributed by atoms with Gasteiger partial charge in [-0.15, -0.1) is 11.3 Å². The van der Waals surface area contributed by atoms with Crippen LogP contribution in [0.3, 0.4) is 0 Å². The van der Waals surface area contributed by atoms with Gasteiger partial charge in [-0.25, -0.2) is 0 Å². The number of carbonyl (C=O) groups is 1. The zero-order valence-corrected chi connectivity index (χ0v) is 12.1. The molecule has 102 valence electrons. The number of aliphatic hydroxyl groups is 1. The molecule has 0 saturated heterocycles. The molecular formula is C14H23NO2S. The first-order valence-corrected chi connectivity index (χ1v) is 7.49. The maximum absolute atomic E-state index is 11.9. The third-order valence-electron chi connectivity index (χ3n) is 3.00. The normalized spacial score (nSPS) is 10.6. The Bertz CT molecular complexity index is 374. The molecular weight excluding hydrogens is 246 g/mol. The smallest absolute Gasteiger partial charge is 0.261 e. The minimum atomic E-state index is 0.0463. The number of aryl methyl sites for hydroxylation is 2. The van der Waals surface area contributed by atoms with Crippen molar-refractivity contribution in [3.63, 3.8) is 0 Å². The summed E-state index contributed by atoms with van der Waals surface area (Å²) in [6.07, 6.45) is 4.92. The second kappa shape index (κ2) is 8.27. The van der Waals surface area contributed by atoms with Crippen molar-refractivity contribution >= 4 is 17.2 Å². The first-order valence-electron chi connectivity index (χ1n) is 6.67. The van der Waals surface area contributed by atoms with Crippen molar-refractivity contribution in [1.82, 2.24) is 5.32 Å². The van der Waals surface area contributed by atoms with E-state index in [1.165, 1.54) is 10.4 Å². The molecule has 1 heterocycles. The van der Waals surface area contributed by atoms with Crippen LogP contribution in [-0.4, -0.2) is 24.2 Å². The van der Waals surface area contributed by atoms with Gasteiger partial charge in [0.05, 0.1) is 4.88 Å². The molecule has 18 heavy (non-hydrogen) atoms. The Morgan fingerprint density at radius 2 is 2.06 bits per heavy atom. The molecule has 0 bridgehead atoms. The maximum Gasteiger partial charge on any atom is 0.261 e. The molecule has 0 atom stereocenters. The first kappa shape index (κ1) is 15.2. The summed E-state index contributed by atoms with van der Waals surface area (Å²) in [6, 6.07) is 2.00. The summed E-state index contributed by atoms with van der Waals surface area (Å²) in [5.41, 5.74) is 1.27. The van der Waals surface area contributed by atoms with Gasteiger partial charge in [-0.1, -0.05) is 19.8 Å². The minimum absolute atomic E-state index is 0.0463. The van der Waals surface area contributed by atoms with E-state index in [0.717, 1.165) is 43.5 Å². The van der Waals surface area contributed by atoms with E-state index in [-0.39, 0.29) is 12.5 Å². The zero-order valence-electron chi connectivity index (χ0n) is 11.3. The van der Waals surface area contributed by atoms with E-state index >= 15 is 0 Å². The van der Waals surface area contributed by atoms with E-state index in [2.05, 4.69) is 19.2 Å². The van der Waals surface area contributed by atoms with Gasteiger partial charge < -0.3 is 10.4 Å². The number of rotatable bonds is 8. The highest BCUT2D eigenvalue weighted by Crippen LogP contribution is 2.21. The summed E-state index contributed by atoms with van der Waals surface area (Å²) >= 11 is 1.57. The molecule has 0 fully saturated rings. The number of nitrogens with one attached hydrogen (secondary N) is 1. The van der Waals surface area contributed by atoms with E-state index in [9.17, 15) is 4.79 Å². The molecule has 2 N–H and O–H groups in total. The molecule has 0 unspecified atom stereocenters. The third-order valence-corrected chi connectivity index (χ3v) is 4.09. The van der Waals surface area contributed by atoms with Gasteiger partial charge in [0.2, 0.25) is 0 Å². The molecule has 0 aliphatic rings. The second-order valence-corrected chi connectivity index (χ2v) is 5.70. The Morgan fingerprint density at radius 1 is 1.33 bits per heavy atom. The second-order valence-electron chi connectivity index (χ2n) is 4.44. The molecule has 0 aliphatic heterocycles. The Labute approximate surface area is 113 Å². The van der Waals surface area contributed by atoms with Gasteiger partial charge in [-0.3, -0.25) is 4.79 Å². The van der Waals surface area contributed by atoms with Crippen LogP contribution in [0.15, 0.2) is 6.07 Å². The van der Waals surface area contributed by atoms with E-state index in [1.54, 1.807) is 11.3 Å². The number of thiophene rings is 1. The molecule has 4 heteroatoms. The van der Waals surface area contributed by atoms with Crippen LogP contribution in [0, 0.1) is 6.92 Å². The summed E-state index contributed by atoms with van der Waals surface area (Å²) in [7, 11) is 0. The minimum Gasteiger partial charge on any atom is -0.396 e. The molecule has 0 saturated carbocycles. The first-order chi connectivity index (χ1) is 8.69. The highest BCUT2D eigenvalue weighted by molar-refractivity contribution is 7.14. The summed E-state index contributed by atoms with van der Waals surface area (Å²) in [5.74, 6) is 0.0463. The number of hydrogen-bond donors (Lipinski definition) is 2. The predicted molar refractivity (Wildman–Crippen MR) is 76.3 cm³/mol. The third kappa shape index (κ3) is 4.78. The van der Waals surface area contributed by atoms with Crippen LogP contribution >= 0.6 is 11.3 Å². The number of amides is 1. The monoisotopic (exact) mass is 269 g/mol. The standard InChI is InChI=1S/C14H23NO2S/c1-3-12-10-13(18-11(12)2)14(17)15-8-6-4-5-7-9-16/h10,16H,3-9H2,1-2H3,(H,15,17). The Morgan fingerprint density at radius 3 is 2.67 bits per heavy atom. The van der Waals surface area contributed by atoms with Crippen molar-refractivity contribution in [2.45, 2.75) is 46.0 Å². The van der Waals surface area contributed by atoms with Crippen molar-refractivity contribution in [3.05, 3.63) is 21.4 Å². The van der Waals surface area contributed by atoms with Crippen LogP contribution < -0.4 is 5.32 Å². The number of hydrogen-bond acceptors (Lipinski definition) is 3. The largest absolute Gasteiger partial charge is 0.396 e. The van der Waals surface area contributed by atoms with Crippen LogP contribution in [0.25, 0.3) is 0 Å². The lowest BCUT2D eigenvalue weighted by molar-refractivity contribution is 0.0957. The fraction of sp³-hybridized carbons (Fsp3) is 0.643. The van der Waals surface area contributed by atoms with Crippen LogP contribution in [0.4, 0.5) is 0 Å². The van der Waals surface area contributed by atoms with E-state index in [1.807, 2.05) is 6.07 Å². The van der Waals surface area contributed by atoms with Crippen molar-refractivity contribution in [2.24, 2.45) is 0 Å². The Kier molecular flexibility index (Phi) is 6.98. The van der Waals surface area contributed by atoms with E-state index in [4.69, 9.17) is 5.11 Å². The SMILES string of the molecule is CCc1cc(C(=O)NCCCCCCO)sc1C. The number of aliphatic hydroxyl groups excluding tert-OH is 1. The van der Waals surface area contributed by atoms with Crippen molar-refractivity contribution in [2.75, 3.05) is 13.2 Å². The maximum atomic E-state index is 11.9. The lowest BCUT2D eigenvalue weighted by Crippen LogP contribution is -2.23. The molecule has 0 aromatic carbocycles. The fourth-order valence-corrected chi connectivity index (χ4v) is 2.89. The Balaban J connectivity index is 2.27. The van der Waals surface area contributed by atoms with Gasteiger partial charge in [-0.2, -0.15) is 0 Å². The van der Waals surface area contributed by atoms with Gasteiger partial charge in [0.15, 0.2) is 0 Å². The highest BCUT2D eigenvalue weighted by atomic mass is 32.1. The van der Waals surface area contributed by atoms with Crippen LogP contribution in [0.5, 0.6) is 0 Å². The molecule has 1 aromatic rings. The lowest BCUT2D eigenvalue weighted by Gasteiger charge is -2.03.